The van der Waals surface area contributed by atoms with Gasteiger partial charge in [-0.2, -0.15) is 0 Å². The van der Waals surface area contributed by atoms with Crippen molar-refractivity contribution >= 4 is 22.5 Å². The van der Waals surface area contributed by atoms with Gasteiger partial charge >= 0.3 is 0 Å². The SMILES string of the molecule is CCN(C(=O)Cn1ccc2cccc(N)c21)C1CC1. The number of fused-ring (bicyclic) bond motifs is 1. The van der Waals surface area contributed by atoms with Crippen molar-refractivity contribution < 1.29 is 4.79 Å². The Labute approximate surface area is 112 Å². The highest BCUT2D eigenvalue weighted by Gasteiger charge is 2.31. The maximum atomic E-state index is 12.3. The van der Waals surface area contributed by atoms with Gasteiger partial charge in [-0.15, -0.1) is 0 Å². The van der Waals surface area contributed by atoms with Crippen molar-refractivity contribution in [3.05, 3.63) is 30.5 Å². The normalized spacial score (nSPS) is 14.8. The van der Waals surface area contributed by atoms with Crippen LogP contribution in [0.15, 0.2) is 30.5 Å². The first-order valence-electron chi connectivity index (χ1n) is 6.83. The van der Waals surface area contributed by atoms with E-state index in [0.29, 0.717) is 12.6 Å². The van der Waals surface area contributed by atoms with Gasteiger partial charge in [0.25, 0.3) is 0 Å². The van der Waals surface area contributed by atoms with E-state index >= 15 is 0 Å². The lowest BCUT2D eigenvalue weighted by molar-refractivity contribution is -0.132. The molecule has 1 aliphatic rings. The number of nitrogens with zero attached hydrogens (tertiary/aromatic N) is 2. The number of aromatic nitrogens is 1. The maximum absolute atomic E-state index is 12.3. The second kappa shape index (κ2) is 4.61. The Morgan fingerprint density at radius 3 is 2.89 bits per heavy atom. The van der Waals surface area contributed by atoms with Gasteiger partial charge in [-0.25, -0.2) is 0 Å². The third-order valence-electron chi connectivity index (χ3n) is 3.77. The number of anilines is 1. The quantitative estimate of drug-likeness (QED) is 0.854. The minimum Gasteiger partial charge on any atom is -0.397 e. The molecule has 1 aliphatic carbocycles. The van der Waals surface area contributed by atoms with E-state index in [1.165, 1.54) is 0 Å². The number of amides is 1. The lowest BCUT2D eigenvalue weighted by atomic mass is 10.2. The Morgan fingerprint density at radius 1 is 1.42 bits per heavy atom. The molecule has 0 saturated heterocycles. The van der Waals surface area contributed by atoms with Gasteiger partial charge < -0.3 is 15.2 Å². The number of hydrogen-bond acceptors (Lipinski definition) is 2. The first-order chi connectivity index (χ1) is 9.20. The van der Waals surface area contributed by atoms with E-state index in [1.807, 2.05) is 46.9 Å². The molecular formula is C15H19N3O. The fourth-order valence-corrected chi connectivity index (χ4v) is 2.68. The summed E-state index contributed by atoms with van der Waals surface area (Å²) >= 11 is 0. The monoisotopic (exact) mass is 257 g/mol. The van der Waals surface area contributed by atoms with Crippen LogP contribution in [0.4, 0.5) is 5.69 Å². The van der Waals surface area contributed by atoms with E-state index < -0.39 is 0 Å². The van der Waals surface area contributed by atoms with Gasteiger partial charge in [0.1, 0.15) is 6.54 Å². The molecule has 1 amide bonds. The lowest BCUT2D eigenvalue weighted by Gasteiger charge is -2.21. The number of rotatable bonds is 4. The van der Waals surface area contributed by atoms with E-state index in [0.717, 1.165) is 36.0 Å². The standard InChI is InChI=1S/C15H19N3O/c1-2-18(12-6-7-12)14(19)10-17-9-8-11-4-3-5-13(16)15(11)17/h3-5,8-9,12H,2,6-7,10,16H2,1H3. The summed E-state index contributed by atoms with van der Waals surface area (Å²) in [6.07, 6.45) is 4.24. The molecule has 3 rings (SSSR count). The minimum atomic E-state index is 0.186. The summed E-state index contributed by atoms with van der Waals surface area (Å²) in [6.45, 7) is 3.21. The van der Waals surface area contributed by atoms with Crippen LogP contribution >= 0.6 is 0 Å². The van der Waals surface area contributed by atoms with Gasteiger partial charge in [0.15, 0.2) is 0 Å². The smallest absolute Gasteiger partial charge is 0.242 e. The summed E-state index contributed by atoms with van der Waals surface area (Å²) < 4.78 is 1.96. The van der Waals surface area contributed by atoms with Crippen LogP contribution in [-0.2, 0) is 11.3 Å². The van der Waals surface area contributed by atoms with Gasteiger partial charge in [-0.3, -0.25) is 4.79 Å². The first-order valence-corrected chi connectivity index (χ1v) is 6.83. The molecule has 1 aromatic heterocycles. The van der Waals surface area contributed by atoms with Crippen LogP contribution in [0.5, 0.6) is 0 Å². The molecule has 19 heavy (non-hydrogen) atoms. The molecule has 2 N–H and O–H groups in total. The van der Waals surface area contributed by atoms with Crippen molar-refractivity contribution in [2.24, 2.45) is 0 Å². The molecule has 100 valence electrons. The Kier molecular flexibility index (Phi) is 2.93. The maximum Gasteiger partial charge on any atom is 0.242 e. The van der Waals surface area contributed by atoms with Gasteiger partial charge in [0.05, 0.1) is 11.2 Å². The Balaban J connectivity index is 1.87. The van der Waals surface area contributed by atoms with E-state index in [9.17, 15) is 4.79 Å². The van der Waals surface area contributed by atoms with Crippen molar-refractivity contribution in [1.82, 2.24) is 9.47 Å². The largest absolute Gasteiger partial charge is 0.397 e. The summed E-state index contributed by atoms with van der Waals surface area (Å²) in [5.41, 5.74) is 7.70. The zero-order chi connectivity index (χ0) is 13.4. The van der Waals surface area contributed by atoms with Crippen LogP contribution in [0, 0.1) is 0 Å². The second-order valence-electron chi connectivity index (χ2n) is 5.14. The van der Waals surface area contributed by atoms with E-state index in [4.69, 9.17) is 5.73 Å². The highest BCUT2D eigenvalue weighted by molar-refractivity contribution is 5.91. The molecule has 0 spiro atoms. The zero-order valence-electron chi connectivity index (χ0n) is 11.2. The fraction of sp³-hybridized carbons (Fsp3) is 0.400. The van der Waals surface area contributed by atoms with E-state index in [2.05, 4.69) is 0 Å². The third kappa shape index (κ3) is 2.18. The number of benzene rings is 1. The molecular weight excluding hydrogens is 238 g/mol. The van der Waals surface area contributed by atoms with Gasteiger partial charge in [-0.1, -0.05) is 12.1 Å². The molecule has 2 aromatic rings. The molecule has 0 unspecified atom stereocenters. The lowest BCUT2D eigenvalue weighted by Crippen LogP contribution is -2.35. The number of nitrogens with two attached hydrogens (primary N) is 1. The minimum absolute atomic E-state index is 0.186. The van der Waals surface area contributed by atoms with Gasteiger partial charge in [0, 0.05) is 24.2 Å². The van der Waals surface area contributed by atoms with Crippen LogP contribution in [-0.4, -0.2) is 28.0 Å². The van der Waals surface area contributed by atoms with E-state index in [1.54, 1.807) is 0 Å². The number of carbonyl (C=O) groups is 1. The predicted molar refractivity (Wildman–Crippen MR) is 76.8 cm³/mol. The molecule has 1 saturated carbocycles. The van der Waals surface area contributed by atoms with Crippen LogP contribution in [0.2, 0.25) is 0 Å². The fourth-order valence-electron chi connectivity index (χ4n) is 2.68. The highest BCUT2D eigenvalue weighted by Crippen LogP contribution is 2.27. The summed E-state index contributed by atoms with van der Waals surface area (Å²) in [5.74, 6) is 0.186. The summed E-state index contributed by atoms with van der Waals surface area (Å²) in [6, 6.07) is 8.31. The van der Waals surface area contributed by atoms with Gasteiger partial charge in [0.2, 0.25) is 5.91 Å². The van der Waals surface area contributed by atoms with Crippen LogP contribution in [0.3, 0.4) is 0 Å². The summed E-state index contributed by atoms with van der Waals surface area (Å²) in [7, 11) is 0. The number of para-hydroxylation sites is 1. The number of nitrogen functional groups attached to an aromatic ring is 1. The molecule has 0 bridgehead atoms. The highest BCUT2D eigenvalue weighted by atomic mass is 16.2. The first kappa shape index (κ1) is 12.1. The molecule has 0 radical (unpaired) electrons. The summed E-state index contributed by atoms with van der Waals surface area (Å²) in [5, 5.41) is 1.09. The molecule has 0 aliphatic heterocycles. The zero-order valence-corrected chi connectivity index (χ0v) is 11.2. The number of hydrogen-bond donors (Lipinski definition) is 1. The van der Waals surface area contributed by atoms with Gasteiger partial charge in [-0.05, 0) is 31.9 Å². The van der Waals surface area contributed by atoms with Crippen molar-refractivity contribution in [2.75, 3.05) is 12.3 Å². The molecule has 1 fully saturated rings. The molecule has 1 aromatic carbocycles. The molecule has 4 heteroatoms. The van der Waals surface area contributed by atoms with Crippen LogP contribution in [0.1, 0.15) is 19.8 Å². The Morgan fingerprint density at radius 2 is 2.21 bits per heavy atom. The Bertz CT molecular complexity index is 613. The summed E-state index contributed by atoms with van der Waals surface area (Å²) in [4.78, 5) is 14.3. The Hall–Kier alpha value is -1.97. The second-order valence-corrected chi connectivity index (χ2v) is 5.14. The van der Waals surface area contributed by atoms with Crippen molar-refractivity contribution in [2.45, 2.75) is 32.4 Å². The van der Waals surface area contributed by atoms with E-state index in [-0.39, 0.29) is 5.91 Å². The average Bonchev–Trinajstić information content (AvgIpc) is 3.13. The van der Waals surface area contributed by atoms with Crippen LogP contribution in [0.25, 0.3) is 10.9 Å². The number of likely N-dealkylation sites (N-methyl/N-ethyl adjacent to an activating group) is 1. The van der Waals surface area contributed by atoms with Crippen molar-refractivity contribution in [3.8, 4) is 0 Å². The number of carbonyl (C=O) groups excluding carboxylic acids is 1. The van der Waals surface area contributed by atoms with Crippen molar-refractivity contribution in [1.29, 1.82) is 0 Å². The predicted octanol–water partition coefficient (Wildman–Crippen LogP) is 2.23. The molecule has 1 heterocycles. The average molecular weight is 257 g/mol. The van der Waals surface area contributed by atoms with Crippen LogP contribution < -0.4 is 5.73 Å². The van der Waals surface area contributed by atoms with Crippen molar-refractivity contribution in [3.63, 3.8) is 0 Å². The third-order valence-corrected chi connectivity index (χ3v) is 3.77. The molecule has 0 atom stereocenters. The molecule has 4 nitrogen and oxygen atoms in total. The topological polar surface area (TPSA) is 51.3 Å².